The van der Waals surface area contributed by atoms with E-state index in [2.05, 4.69) is 30.2 Å². The summed E-state index contributed by atoms with van der Waals surface area (Å²) < 4.78 is 5.35. The van der Waals surface area contributed by atoms with Gasteiger partial charge in [0.1, 0.15) is 5.75 Å². The fourth-order valence-electron chi connectivity index (χ4n) is 2.31. The van der Waals surface area contributed by atoms with Crippen LogP contribution in [0.3, 0.4) is 0 Å². The maximum absolute atomic E-state index is 5.35. The number of para-hydroxylation sites is 1. The molecule has 2 rings (SSSR count). The van der Waals surface area contributed by atoms with Crippen molar-refractivity contribution in [3.63, 3.8) is 0 Å². The Morgan fingerprint density at radius 1 is 1.37 bits per heavy atom. The molecule has 1 fully saturated rings. The van der Waals surface area contributed by atoms with E-state index in [1.54, 1.807) is 7.11 Å². The Morgan fingerprint density at radius 2 is 2.16 bits per heavy atom. The highest BCUT2D eigenvalue weighted by Crippen LogP contribution is 2.22. The number of aliphatic imine (C=N–C) groups is 1. The highest BCUT2D eigenvalue weighted by molar-refractivity contribution is 8.14. The van der Waals surface area contributed by atoms with Crippen LogP contribution in [0.15, 0.2) is 29.3 Å². The minimum atomic E-state index is 0.529. The van der Waals surface area contributed by atoms with Gasteiger partial charge in [-0.3, -0.25) is 4.99 Å². The molecule has 2 unspecified atom stereocenters. The molecule has 0 aromatic heterocycles. The number of thioether (sulfide) groups is 1. The molecule has 104 valence electrons. The molecule has 1 aliphatic rings. The third-order valence-electron chi connectivity index (χ3n) is 3.20. The average molecular weight is 278 g/mol. The van der Waals surface area contributed by atoms with Crippen LogP contribution < -0.4 is 10.1 Å². The second-order valence-corrected chi connectivity index (χ2v) is 6.39. The Morgan fingerprint density at radius 3 is 2.89 bits per heavy atom. The Hall–Kier alpha value is -1.16. The molecule has 0 aliphatic carbocycles. The van der Waals surface area contributed by atoms with Gasteiger partial charge < -0.3 is 10.1 Å². The SMILES string of the molecule is COc1ccccc1CCN=C1NC(C)CC(C)S1. The van der Waals surface area contributed by atoms with Crippen LogP contribution in [0.4, 0.5) is 0 Å². The van der Waals surface area contributed by atoms with Crippen LogP contribution >= 0.6 is 11.8 Å². The standard InChI is InChI=1S/C15H22N2OS/c1-11-10-12(2)19-15(17-11)16-9-8-13-6-4-5-7-14(13)18-3/h4-7,11-12H,8-10H2,1-3H3,(H,16,17). The Labute approximate surface area is 119 Å². The number of hydrogen-bond acceptors (Lipinski definition) is 3. The third kappa shape index (κ3) is 4.16. The normalized spacial score (nSPS) is 25.1. The number of rotatable bonds is 4. The number of amidine groups is 1. The van der Waals surface area contributed by atoms with Gasteiger partial charge in [-0.05, 0) is 31.4 Å². The van der Waals surface area contributed by atoms with E-state index in [9.17, 15) is 0 Å². The largest absolute Gasteiger partial charge is 0.496 e. The van der Waals surface area contributed by atoms with Crippen molar-refractivity contribution in [2.75, 3.05) is 13.7 Å². The molecule has 3 nitrogen and oxygen atoms in total. The summed E-state index contributed by atoms with van der Waals surface area (Å²) in [5, 5.41) is 5.18. The minimum Gasteiger partial charge on any atom is -0.496 e. The molecule has 4 heteroatoms. The van der Waals surface area contributed by atoms with E-state index < -0.39 is 0 Å². The Kier molecular flexibility index (Phi) is 5.14. The van der Waals surface area contributed by atoms with Crippen molar-refractivity contribution in [1.82, 2.24) is 5.32 Å². The predicted molar refractivity (Wildman–Crippen MR) is 83.3 cm³/mol. The first-order chi connectivity index (χ1) is 9.19. The molecule has 1 saturated heterocycles. The summed E-state index contributed by atoms with van der Waals surface area (Å²) in [5.74, 6) is 0.952. The first kappa shape index (κ1) is 14.3. The molecule has 1 aliphatic heterocycles. The van der Waals surface area contributed by atoms with Gasteiger partial charge in [0, 0.05) is 17.8 Å². The van der Waals surface area contributed by atoms with Crippen molar-refractivity contribution in [1.29, 1.82) is 0 Å². The molecule has 19 heavy (non-hydrogen) atoms. The van der Waals surface area contributed by atoms with Crippen LogP contribution in [0.25, 0.3) is 0 Å². The highest BCUT2D eigenvalue weighted by atomic mass is 32.2. The van der Waals surface area contributed by atoms with E-state index in [-0.39, 0.29) is 0 Å². The number of benzene rings is 1. The molecule has 0 spiro atoms. The zero-order valence-electron chi connectivity index (χ0n) is 11.8. The summed E-state index contributed by atoms with van der Waals surface area (Å²) in [4.78, 5) is 4.67. The fraction of sp³-hybridized carbons (Fsp3) is 0.533. The van der Waals surface area contributed by atoms with Crippen LogP contribution in [0, 0.1) is 0 Å². The van der Waals surface area contributed by atoms with E-state index in [4.69, 9.17) is 4.74 Å². The molecule has 0 radical (unpaired) electrons. The lowest BCUT2D eigenvalue weighted by atomic mass is 10.1. The summed E-state index contributed by atoms with van der Waals surface area (Å²) in [6.07, 6.45) is 2.12. The third-order valence-corrected chi connectivity index (χ3v) is 4.26. The molecule has 0 amide bonds. The number of methoxy groups -OCH3 is 1. The first-order valence-corrected chi connectivity index (χ1v) is 7.66. The molecule has 1 aromatic rings. The summed E-state index contributed by atoms with van der Waals surface area (Å²) in [5.41, 5.74) is 1.22. The van der Waals surface area contributed by atoms with E-state index in [1.165, 1.54) is 12.0 Å². The summed E-state index contributed by atoms with van der Waals surface area (Å²) in [6.45, 7) is 5.28. The van der Waals surface area contributed by atoms with Gasteiger partial charge >= 0.3 is 0 Å². The van der Waals surface area contributed by atoms with Gasteiger partial charge in [0.2, 0.25) is 0 Å². The second-order valence-electron chi connectivity index (χ2n) is 4.96. The van der Waals surface area contributed by atoms with Crippen LogP contribution in [0.5, 0.6) is 5.75 Å². The molecular weight excluding hydrogens is 256 g/mol. The molecule has 1 heterocycles. The molecule has 0 bridgehead atoms. The van der Waals surface area contributed by atoms with Crippen LogP contribution in [-0.2, 0) is 6.42 Å². The maximum Gasteiger partial charge on any atom is 0.157 e. The molecule has 1 N–H and O–H groups in total. The van der Waals surface area contributed by atoms with Gasteiger partial charge in [0.15, 0.2) is 5.17 Å². The smallest absolute Gasteiger partial charge is 0.157 e. The van der Waals surface area contributed by atoms with Gasteiger partial charge in [-0.25, -0.2) is 0 Å². The zero-order valence-corrected chi connectivity index (χ0v) is 12.7. The Balaban J connectivity index is 1.92. The number of ether oxygens (including phenoxy) is 1. The van der Waals surface area contributed by atoms with Crippen molar-refractivity contribution in [2.24, 2.45) is 4.99 Å². The molecule has 0 saturated carbocycles. The lowest BCUT2D eigenvalue weighted by Crippen LogP contribution is -2.38. The fourth-order valence-corrected chi connectivity index (χ4v) is 3.51. The maximum atomic E-state index is 5.35. The van der Waals surface area contributed by atoms with Gasteiger partial charge in [-0.15, -0.1) is 0 Å². The van der Waals surface area contributed by atoms with Crippen molar-refractivity contribution in [2.45, 2.75) is 38.0 Å². The summed E-state index contributed by atoms with van der Waals surface area (Å²) >= 11 is 1.84. The number of nitrogens with zero attached hydrogens (tertiary/aromatic N) is 1. The van der Waals surface area contributed by atoms with Crippen LogP contribution in [0.1, 0.15) is 25.8 Å². The number of hydrogen-bond donors (Lipinski definition) is 1. The Bertz CT molecular complexity index is 436. The van der Waals surface area contributed by atoms with Gasteiger partial charge in [-0.1, -0.05) is 36.9 Å². The van der Waals surface area contributed by atoms with Crippen molar-refractivity contribution < 1.29 is 4.74 Å². The van der Waals surface area contributed by atoms with Gasteiger partial charge in [0.05, 0.1) is 7.11 Å². The quantitative estimate of drug-likeness (QED) is 0.919. The van der Waals surface area contributed by atoms with E-state index in [0.717, 1.165) is 23.9 Å². The lowest BCUT2D eigenvalue weighted by molar-refractivity contribution is 0.410. The van der Waals surface area contributed by atoms with Crippen LogP contribution in [-0.4, -0.2) is 30.1 Å². The molecular formula is C15H22N2OS. The summed E-state index contributed by atoms with van der Waals surface area (Å²) in [6, 6.07) is 8.67. The summed E-state index contributed by atoms with van der Waals surface area (Å²) in [7, 11) is 1.71. The van der Waals surface area contributed by atoms with Crippen molar-refractivity contribution in [3.8, 4) is 5.75 Å². The van der Waals surface area contributed by atoms with Gasteiger partial charge in [-0.2, -0.15) is 0 Å². The highest BCUT2D eigenvalue weighted by Gasteiger charge is 2.19. The average Bonchev–Trinajstić information content (AvgIpc) is 2.38. The molecule has 1 aromatic carbocycles. The number of nitrogens with one attached hydrogen (secondary N) is 1. The van der Waals surface area contributed by atoms with Crippen LogP contribution in [0.2, 0.25) is 0 Å². The van der Waals surface area contributed by atoms with E-state index >= 15 is 0 Å². The first-order valence-electron chi connectivity index (χ1n) is 6.78. The van der Waals surface area contributed by atoms with Crippen molar-refractivity contribution in [3.05, 3.63) is 29.8 Å². The predicted octanol–water partition coefficient (Wildman–Crippen LogP) is 3.10. The minimum absolute atomic E-state index is 0.529. The molecule has 2 atom stereocenters. The van der Waals surface area contributed by atoms with E-state index in [1.807, 2.05) is 30.0 Å². The zero-order chi connectivity index (χ0) is 13.7. The van der Waals surface area contributed by atoms with E-state index in [0.29, 0.717) is 11.3 Å². The van der Waals surface area contributed by atoms with Crippen molar-refractivity contribution >= 4 is 16.9 Å². The second kappa shape index (κ2) is 6.85. The lowest BCUT2D eigenvalue weighted by Gasteiger charge is -2.26. The van der Waals surface area contributed by atoms with Gasteiger partial charge in [0.25, 0.3) is 0 Å². The topological polar surface area (TPSA) is 33.6 Å². The monoisotopic (exact) mass is 278 g/mol.